The van der Waals surface area contributed by atoms with Gasteiger partial charge in [0.2, 0.25) is 0 Å². The molecule has 1 aromatic rings. The fourth-order valence-electron chi connectivity index (χ4n) is 1.89. The Morgan fingerprint density at radius 2 is 2.09 bits per heavy atom. The average molecular weight is 322 g/mol. The molecule has 1 rings (SSSR count). The first-order chi connectivity index (χ1) is 11.0. The summed E-state index contributed by atoms with van der Waals surface area (Å²) in [6.07, 6.45) is 0.867. The summed E-state index contributed by atoms with van der Waals surface area (Å²) in [5.41, 5.74) is 13.9. The van der Waals surface area contributed by atoms with E-state index in [1.165, 1.54) is 7.11 Å². The Labute approximate surface area is 134 Å². The number of methoxy groups -OCH3 is 1. The number of carbonyl (C=O) groups is 2. The van der Waals surface area contributed by atoms with E-state index in [1.54, 1.807) is 24.3 Å². The van der Waals surface area contributed by atoms with Gasteiger partial charge in [0.25, 0.3) is 5.91 Å². The molecule has 23 heavy (non-hydrogen) atoms. The third kappa shape index (κ3) is 6.22. The molecule has 0 radical (unpaired) electrons. The summed E-state index contributed by atoms with van der Waals surface area (Å²) in [6.45, 7) is 0.359. The summed E-state index contributed by atoms with van der Waals surface area (Å²) in [6, 6.07) is 5.79. The molecule has 8 N–H and O–H groups in total. The number of nitrogens with two attached hydrogens (primary N) is 3. The van der Waals surface area contributed by atoms with E-state index in [2.05, 4.69) is 15.7 Å². The summed E-state index contributed by atoms with van der Waals surface area (Å²) >= 11 is 0. The first-order valence-electron chi connectivity index (χ1n) is 6.98. The third-order valence-electron chi connectivity index (χ3n) is 3.03. The molecule has 9 heteroatoms. The highest BCUT2D eigenvalue weighted by molar-refractivity contribution is 5.97. The van der Waals surface area contributed by atoms with E-state index in [4.69, 9.17) is 22.0 Å². The summed E-state index contributed by atoms with van der Waals surface area (Å²) in [7, 11) is 1.26. The summed E-state index contributed by atoms with van der Waals surface area (Å²) in [5, 5.41) is 2.63. The third-order valence-corrected chi connectivity index (χ3v) is 3.03. The first kappa shape index (κ1) is 18.2. The van der Waals surface area contributed by atoms with Crippen molar-refractivity contribution in [3.05, 3.63) is 29.8 Å². The zero-order valence-electron chi connectivity index (χ0n) is 12.9. The molecule has 0 heterocycles. The fraction of sp³-hybridized carbons (Fsp3) is 0.357. The number of guanidine groups is 1. The Morgan fingerprint density at radius 1 is 1.35 bits per heavy atom. The average Bonchev–Trinajstić information content (AvgIpc) is 2.56. The molecule has 0 bridgehead atoms. The van der Waals surface area contributed by atoms with Crippen molar-refractivity contribution < 1.29 is 14.3 Å². The van der Waals surface area contributed by atoms with Crippen LogP contribution in [0.1, 0.15) is 23.2 Å². The van der Waals surface area contributed by atoms with Crippen LogP contribution >= 0.6 is 0 Å². The molecule has 1 aromatic carbocycles. The Hall–Kier alpha value is -2.81. The number of nitrogens with one attached hydrogen (secondary N) is 2. The molecule has 9 nitrogen and oxygen atoms in total. The molecule has 0 aliphatic carbocycles. The minimum Gasteiger partial charge on any atom is -0.467 e. The number of hydrogen-bond acceptors (Lipinski definition) is 6. The quantitative estimate of drug-likeness (QED) is 0.106. The molecule has 126 valence electrons. The second kappa shape index (κ2) is 9.26. The normalized spacial score (nSPS) is 11.2. The molecule has 0 saturated heterocycles. The fourth-order valence-corrected chi connectivity index (χ4v) is 1.89. The van der Waals surface area contributed by atoms with Crippen LogP contribution in [0.4, 0.5) is 5.69 Å². The number of benzene rings is 1. The zero-order chi connectivity index (χ0) is 17.2. The highest BCUT2D eigenvalue weighted by Crippen LogP contribution is 2.10. The molecule has 0 aromatic heterocycles. The van der Waals surface area contributed by atoms with Crippen molar-refractivity contribution in [2.24, 2.45) is 22.3 Å². The minimum absolute atomic E-state index is 0.0187. The Kier molecular flexibility index (Phi) is 7.34. The van der Waals surface area contributed by atoms with Crippen molar-refractivity contribution in [3.63, 3.8) is 0 Å². The second-order valence-corrected chi connectivity index (χ2v) is 4.72. The van der Waals surface area contributed by atoms with Crippen LogP contribution < -0.4 is 28.1 Å². The van der Waals surface area contributed by atoms with Gasteiger partial charge in [-0.2, -0.15) is 0 Å². The number of ether oxygens (including phenoxy) is 1. The molecule has 1 amide bonds. The van der Waals surface area contributed by atoms with Crippen molar-refractivity contribution in [2.45, 2.75) is 18.9 Å². The lowest BCUT2D eigenvalue weighted by Crippen LogP contribution is -2.41. The molecule has 1 unspecified atom stereocenters. The standard InChI is InChI=1S/C14H22N6O3/c1-23-13(22)11(6-3-7-18-14(15)16)19-12(21)9-4-2-5-10(8-9)20-17/h2,4-5,8,11,20H,3,6-7,17H2,1H3,(H,19,21)(H4,15,16,18). The highest BCUT2D eigenvalue weighted by Gasteiger charge is 2.21. The number of hydrazine groups is 1. The molecule has 0 aliphatic rings. The molecule has 0 aliphatic heterocycles. The predicted octanol–water partition coefficient (Wildman–Crippen LogP) is -0.703. The smallest absolute Gasteiger partial charge is 0.328 e. The van der Waals surface area contributed by atoms with E-state index in [0.29, 0.717) is 30.6 Å². The molecule has 1 atom stereocenters. The van der Waals surface area contributed by atoms with Gasteiger partial charge in [0.05, 0.1) is 7.11 Å². The van der Waals surface area contributed by atoms with Gasteiger partial charge in [-0.25, -0.2) is 4.79 Å². The number of nitrogens with zero attached hydrogens (tertiary/aromatic N) is 1. The van der Waals surface area contributed by atoms with E-state index in [9.17, 15) is 9.59 Å². The lowest BCUT2D eigenvalue weighted by atomic mass is 10.1. The number of aliphatic imine (C=N–C) groups is 1. The van der Waals surface area contributed by atoms with Crippen LogP contribution in [0.3, 0.4) is 0 Å². The predicted molar refractivity (Wildman–Crippen MR) is 87.4 cm³/mol. The van der Waals surface area contributed by atoms with Gasteiger partial charge in [0.1, 0.15) is 6.04 Å². The molecule has 0 spiro atoms. The summed E-state index contributed by atoms with van der Waals surface area (Å²) in [5.74, 6) is 4.35. The number of rotatable bonds is 8. The van der Waals surface area contributed by atoms with Crippen LogP contribution in [-0.4, -0.2) is 37.5 Å². The van der Waals surface area contributed by atoms with Crippen LogP contribution in [0.2, 0.25) is 0 Å². The number of amides is 1. The maximum absolute atomic E-state index is 12.2. The van der Waals surface area contributed by atoms with Crippen LogP contribution in [0.5, 0.6) is 0 Å². The van der Waals surface area contributed by atoms with Crippen molar-refractivity contribution in [3.8, 4) is 0 Å². The van der Waals surface area contributed by atoms with Crippen LogP contribution in [0.25, 0.3) is 0 Å². The van der Waals surface area contributed by atoms with Crippen molar-refractivity contribution in [1.29, 1.82) is 0 Å². The van der Waals surface area contributed by atoms with E-state index in [1.807, 2.05) is 0 Å². The van der Waals surface area contributed by atoms with Gasteiger partial charge in [-0.3, -0.25) is 15.6 Å². The van der Waals surface area contributed by atoms with Crippen LogP contribution in [0, 0.1) is 0 Å². The molecular weight excluding hydrogens is 300 g/mol. The molecule has 0 fully saturated rings. The van der Waals surface area contributed by atoms with E-state index in [0.717, 1.165) is 0 Å². The van der Waals surface area contributed by atoms with E-state index >= 15 is 0 Å². The van der Waals surface area contributed by atoms with Crippen molar-refractivity contribution >= 4 is 23.5 Å². The largest absolute Gasteiger partial charge is 0.467 e. The maximum Gasteiger partial charge on any atom is 0.328 e. The monoisotopic (exact) mass is 322 g/mol. The number of anilines is 1. The summed E-state index contributed by atoms with van der Waals surface area (Å²) in [4.78, 5) is 27.8. The zero-order valence-corrected chi connectivity index (χ0v) is 12.9. The van der Waals surface area contributed by atoms with Gasteiger partial charge in [-0.15, -0.1) is 0 Å². The minimum atomic E-state index is -0.781. The van der Waals surface area contributed by atoms with Crippen LogP contribution in [0.15, 0.2) is 29.3 Å². The number of carbonyl (C=O) groups excluding carboxylic acids is 2. The van der Waals surface area contributed by atoms with Crippen LogP contribution in [-0.2, 0) is 9.53 Å². The highest BCUT2D eigenvalue weighted by atomic mass is 16.5. The van der Waals surface area contributed by atoms with Gasteiger partial charge >= 0.3 is 5.97 Å². The summed E-state index contributed by atoms with van der Waals surface area (Å²) < 4.78 is 4.70. The van der Waals surface area contributed by atoms with Crippen molar-refractivity contribution in [2.75, 3.05) is 19.1 Å². The maximum atomic E-state index is 12.2. The van der Waals surface area contributed by atoms with Gasteiger partial charge in [0.15, 0.2) is 5.96 Å². The molecule has 0 saturated carbocycles. The first-order valence-corrected chi connectivity index (χ1v) is 6.98. The van der Waals surface area contributed by atoms with Gasteiger partial charge in [-0.1, -0.05) is 6.07 Å². The van der Waals surface area contributed by atoms with E-state index in [-0.39, 0.29) is 5.96 Å². The van der Waals surface area contributed by atoms with Gasteiger partial charge in [0, 0.05) is 17.8 Å². The van der Waals surface area contributed by atoms with Crippen molar-refractivity contribution in [1.82, 2.24) is 5.32 Å². The van der Waals surface area contributed by atoms with E-state index < -0.39 is 17.9 Å². The second-order valence-electron chi connectivity index (χ2n) is 4.72. The number of esters is 1. The lowest BCUT2D eigenvalue weighted by Gasteiger charge is -2.16. The number of nitrogen functional groups attached to an aromatic ring is 1. The molecular formula is C14H22N6O3. The SMILES string of the molecule is COC(=O)C(CCCN=C(N)N)NC(=O)c1cccc(NN)c1. The Bertz CT molecular complexity index is 571. The Morgan fingerprint density at radius 3 is 2.70 bits per heavy atom. The Balaban J connectivity index is 2.70. The van der Waals surface area contributed by atoms with Gasteiger partial charge in [-0.05, 0) is 31.0 Å². The lowest BCUT2D eigenvalue weighted by molar-refractivity contribution is -0.143. The topological polar surface area (TPSA) is 158 Å². The van der Waals surface area contributed by atoms with Gasteiger partial charge < -0.3 is 26.9 Å². The number of hydrogen-bond donors (Lipinski definition) is 5.